The quantitative estimate of drug-likeness (QED) is 0.273. The summed E-state index contributed by atoms with van der Waals surface area (Å²) in [5, 5.41) is 5.51. The number of amides is 4. The van der Waals surface area contributed by atoms with Crippen molar-refractivity contribution in [3.8, 4) is 0 Å². The molecule has 0 aromatic rings. The molecule has 0 saturated carbocycles. The van der Waals surface area contributed by atoms with Crippen LogP contribution in [0.4, 0.5) is 0 Å². The summed E-state index contributed by atoms with van der Waals surface area (Å²) in [6.45, 7) is 24.0. The Hall–Kier alpha value is -3.16. The number of carbonyl (C=O) groups excluding carboxylic acids is 4. The zero-order valence-electron chi connectivity index (χ0n) is 20.7. The predicted octanol–water partition coefficient (Wildman–Crippen LogP) is 2.35. The molecule has 184 valence electrons. The Labute approximate surface area is 198 Å². The van der Waals surface area contributed by atoms with Gasteiger partial charge in [0.15, 0.2) is 0 Å². The monoisotopic (exact) mass is 460 g/mol. The van der Waals surface area contributed by atoms with Crippen LogP contribution in [0.2, 0.25) is 0 Å². The molecule has 0 radical (unpaired) electrons. The van der Waals surface area contributed by atoms with E-state index in [1.165, 1.54) is 0 Å². The van der Waals surface area contributed by atoms with Gasteiger partial charge in [-0.2, -0.15) is 0 Å². The van der Waals surface area contributed by atoms with Crippen molar-refractivity contribution < 1.29 is 19.2 Å². The molecule has 0 unspecified atom stereocenters. The first-order valence-electron chi connectivity index (χ1n) is 11.1. The maximum Gasteiger partial charge on any atom is 0.248 e. The van der Waals surface area contributed by atoms with E-state index in [2.05, 4.69) is 36.9 Å². The number of nitrogens with zero attached hydrogens (tertiary/aromatic N) is 2. The number of nitrogens with one attached hydrogen (secondary N) is 2. The van der Waals surface area contributed by atoms with Crippen LogP contribution in [0.5, 0.6) is 0 Å². The largest absolute Gasteiger partial charge is 0.352 e. The predicted molar refractivity (Wildman–Crippen MR) is 132 cm³/mol. The van der Waals surface area contributed by atoms with Gasteiger partial charge in [-0.15, -0.1) is 0 Å². The molecule has 0 aliphatic heterocycles. The maximum atomic E-state index is 12.5. The van der Waals surface area contributed by atoms with Crippen LogP contribution in [0.3, 0.4) is 0 Å². The Morgan fingerprint density at radius 3 is 1.12 bits per heavy atom. The summed E-state index contributed by atoms with van der Waals surface area (Å²) in [5.74, 6) is -0.717. The Morgan fingerprint density at radius 2 is 0.848 bits per heavy atom. The molecule has 0 atom stereocenters. The van der Waals surface area contributed by atoms with Gasteiger partial charge in [-0.1, -0.05) is 26.3 Å². The summed E-state index contributed by atoms with van der Waals surface area (Å²) < 4.78 is 0. The van der Waals surface area contributed by atoms with Gasteiger partial charge in [0.25, 0.3) is 0 Å². The molecule has 0 saturated heterocycles. The molecule has 0 aliphatic carbocycles. The minimum Gasteiger partial charge on any atom is -0.352 e. The molecule has 8 heteroatoms. The number of carbonyl (C=O) groups is 4. The highest BCUT2D eigenvalue weighted by Crippen LogP contribution is 2.06. The fourth-order valence-electron chi connectivity index (χ4n) is 2.87. The smallest absolute Gasteiger partial charge is 0.248 e. The molecule has 8 nitrogen and oxygen atoms in total. The zero-order chi connectivity index (χ0) is 25.6. The van der Waals surface area contributed by atoms with Crippen molar-refractivity contribution in [1.82, 2.24) is 20.4 Å². The van der Waals surface area contributed by atoms with Crippen molar-refractivity contribution in [1.29, 1.82) is 0 Å². The first-order valence-corrected chi connectivity index (χ1v) is 11.1. The van der Waals surface area contributed by atoms with Gasteiger partial charge in [0.05, 0.1) is 0 Å². The van der Waals surface area contributed by atoms with Gasteiger partial charge in [0.2, 0.25) is 23.6 Å². The second-order valence-electron chi connectivity index (χ2n) is 8.28. The van der Waals surface area contributed by atoms with Crippen molar-refractivity contribution in [2.45, 2.75) is 47.0 Å². The second kappa shape index (κ2) is 15.6. The first-order chi connectivity index (χ1) is 15.4. The zero-order valence-corrected chi connectivity index (χ0v) is 20.7. The van der Waals surface area contributed by atoms with Gasteiger partial charge in [0.1, 0.15) is 0 Å². The topological polar surface area (TPSA) is 98.8 Å². The van der Waals surface area contributed by atoms with Gasteiger partial charge >= 0.3 is 0 Å². The summed E-state index contributed by atoms with van der Waals surface area (Å²) in [6, 6.07) is 0. The van der Waals surface area contributed by atoms with E-state index in [0.717, 1.165) is 0 Å². The van der Waals surface area contributed by atoms with Gasteiger partial charge in [0, 0.05) is 61.6 Å². The number of hydrogen-bond donors (Lipinski definition) is 2. The van der Waals surface area contributed by atoms with Gasteiger partial charge < -0.3 is 20.4 Å². The molecule has 4 amide bonds. The van der Waals surface area contributed by atoms with Crippen LogP contribution < -0.4 is 10.6 Å². The highest BCUT2D eigenvalue weighted by Gasteiger charge is 2.17. The fourth-order valence-corrected chi connectivity index (χ4v) is 2.87. The minimum atomic E-state index is -0.207. The average molecular weight is 461 g/mol. The van der Waals surface area contributed by atoms with E-state index in [1.807, 2.05) is 0 Å². The van der Waals surface area contributed by atoms with Crippen LogP contribution in [0.25, 0.3) is 0 Å². The van der Waals surface area contributed by atoms with Gasteiger partial charge in [-0.3, -0.25) is 19.2 Å². The Kier molecular flexibility index (Phi) is 14.1. The standard InChI is InChI=1S/C25H40N4O4/c1-18(2)22(30)26-12-9-14-28(24(32)20(5)6)16-11-17-29(25(33)21(7)8)15-10-13-27-23(31)19(3)4/h1,3,5,7,9-17H2,2,4,6,8H3,(H,26,30)(H,27,31). The summed E-state index contributed by atoms with van der Waals surface area (Å²) in [6.07, 6.45) is 1.76. The number of hydrogen-bond acceptors (Lipinski definition) is 4. The van der Waals surface area contributed by atoms with Gasteiger partial charge in [-0.05, 0) is 47.0 Å². The Bertz CT molecular complexity index is 721. The molecule has 0 bridgehead atoms. The minimum absolute atomic E-state index is 0.151. The highest BCUT2D eigenvalue weighted by atomic mass is 16.2. The van der Waals surface area contributed by atoms with E-state index in [9.17, 15) is 19.2 Å². The Balaban J connectivity index is 4.80. The molecule has 0 aromatic carbocycles. The molecule has 0 fully saturated rings. The van der Waals surface area contributed by atoms with E-state index >= 15 is 0 Å². The molecule has 2 N–H and O–H groups in total. The summed E-state index contributed by atoms with van der Waals surface area (Å²) in [4.78, 5) is 51.6. The second-order valence-corrected chi connectivity index (χ2v) is 8.28. The summed E-state index contributed by atoms with van der Waals surface area (Å²) in [5.41, 5.74) is 1.74. The maximum absolute atomic E-state index is 12.5. The fraction of sp³-hybridized carbons (Fsp3) is 0.520. The lowest BCUT2D eigenvalue weighted by Gasteiger charge is -2.27. The summed E-state index contributed by atoms with van der Waals surface area (Å²) >= 11 is 0. The van der Waals surface area contributed by atoms with Crippen LogP contribution >= 0.6 is 0 Å². The molecular formula is C25H40N4O4. The third-order valence-corrected chi connectivity index (χ3v) is 4.72. The van der Waals surface area contributed by atoms with E-state index in [4.69, 9.17) is 0 Å². The highest BCUT2D eigenvalue weighted by molar-refractivity contribution is 5.93. The Morgan fingerprint density at radius 1 is 0.545 bits per heavy atom. The molecule has 0 spiro atoms. The van der Waals surface area contributed by atoms with Gasteiger partial charge in [-0.25, -0.2) is 0 Å². The molecule has 0 aromatic heterocycles. The normalized spacial score (nSPS) is 10.1. The van der Waals surface area contributed by atoms with E-state index in [1.54, 1.807) is 37.5 Å². The van der Waals surface area contributed by atoms with Crippen molar-refractivity contribution in [2.24, 2.45) is 0 Å². The van der Waals surface area contributed by atoms with Crippen LogP contribution in [-0.2, 0) is 19.2 Å². The SMILES string of the molecule is C=C(C)C(=O)NCCCN(CCCN(CCCNC(=O)C(=C)C)C(=O)C(=C)C)C(=O)C(=C)C. The van der Waals surface area contributed by atoms with Crippen molar-refractivity contribution in [3.63, 3.8) is 0 Å². The van der Waals surface area contributed by atoms with Crippen molar-refractivity contribution in [2.75, 3.05) is 39.3 Å². The third-order valence-electron chi connectivity index (χ3n) is 4.72. The van der Waals surface area contributed by atoms with E-state index < -0.39 is 0 Å². The van der Waals surface area contributed by atoms with Crippen molar-refractivity contribution >= 4 is 23.6 Å². The summed E-state index contributed by atoms with van der Waals surface area (Å²) in [7, 11) is 0. The van der Waals surface area contributed by atoms with Crippen LogP contribution in [0.15, 0.2) is 48.6 Å². The molecule has 33 heavy (non-hydrogen) atoms. The molecular weight excluding hydrogens is 420 g/mol. The lowest BCUT2D eigenvalue weighted by atomic mass is 10.2. The van der Waals surface area contributed by atoms with Crippen LogP contribution in [-0.4, -0.2) is 72.7 Å². The lowest BCUT2D eigenvalue weighted by Crippen LogP contribution is -2.39. The van der Waals surface area contributed by atoms with E-state index in [-0.39, 0.29) is 23.6 Å². The van der Waals surface area contributed by atoms with Crippen LogP contribution in [0.1, 0.15) is 47.0 Å². The number of rotatable bonds is 16. The third kappa shape index (κ3) is 12.5. The van der Waals surface area contributed by atoms with E-state index in [0.29, 0.717) is 80.8 Å². The van der Waals surface area contributed by atoms with Crippen LogP contribution in [0, 0.1) is 0 Å². The molecule has 0 aliphatic rings. The average Bonchev–Trinajstić information content (AvgIpc) is 2.74. The molecule has 0 heterocycles. The first kappa shape index (κ1) is 29.8. The molecule has 0 rings (SSSR count). The van der Waals surface area contributed by atoms with Crippen molar-refractivity contribution in [3.05, 3.63) is 48.6 Å². The lowest BCUT2D eigenvalue weighted by molar-refractivity contribution is -0.127.